The summed E-state index contributed by atoms with van der Waals surface area (Å²) in [7, 11) is 0. The second-order valence-electron chi connectivity index (χ2n) is 17.8. The third kappa shape index (κ3) is 5.55. The van der Waals surface area contributed by atoms with Crippen molar-refractivity contribution in [1.82, 2.24) is 15.0 Å². The highest BCUT2D eigenvalue weighted by atomic mass is 15.0. The second-order valence-corrected chi connectivity index (χ2v) is 17.8. The van der Waals surface area contributed by atoms with E-state index in [1.807, 2.05) is 0 Å². The molecule has 0 atom stereocenters. The van der Waals surface area contributed by atoms with E-state index in [0.717, 1.165) is 27.8 Å². The van der Waals surface area contributed by atoms with E-state index >= 15 is 0 Å². The largest absolute Gasteiger partial charge is 0.208 e. The molecule has 14 rings (SSSR count). The quantitative estimate of drug-likeness (QED) is 0.128. The molecular weight excluding hydrogens is 811 g/mol. The van der Waals surface area contributed by atoms with Gasteiger partial charge in [-0.3, -0.25) is 0 Å². The smallest absolute Gasteiger partial charge is 0.164 e. The number of nitrogens with zero attached hydrogens (tertiary/aromatic N) is 3. The average molecular weight is 850 g/mol. The summed E-state index contributed by atoms with van der Waals surface area (Å²) in [5.41, 5.74) is 17.0. The molecule has 3 nitrogen and oxygen atoms in total. The van der Waals surface area contributed by atoms with Crippen LogP contribution in [-0.2, 0) is 5.41 Å². The number of rotatable bonds is 5. The fourth-order valence-corrected chi connectivity index (χ4v) is 11.5. The van der Waals surface area contributed by atoms with Crippen molar-refractivity contribution in [2.45, 2.75) is 5.41 Å². The van der Waals surface area contributed by atoms with Crippen LogP contribution in [0.1, 0.15) is 22.3 Å². The summed E-state index contributed by atoms with van der Waals surface area (Å²) < 4.78 is 0. The number of aromatic nitrogens is 3. The highest BCUT2D eigenvalue weighted by Gasteiger charge is 2.52. The van der Waals surface area contributed by atoms with Gasteiger partial charge in [-0.05, 0) is 105 Å². The molecule has 1 spiro atoms. The van der Waals surface area contributed by atoms with E-state index in [0.29, 0.717) is 17.5 Å². The lowest BCUT2D eigenvalue weighted by Gasteiger charge is -2.31. The van der Waals surface area contributed by atoms with Crippen LogP contribution >= 0.6 is 0 Å². The molecule has 0 unspecified atom stereocenters. The topological polar surface area (TPSA) is 38.7 Å². The molecule has 12 aromatic rings. The van der Waals surface area contributed by atoms with Gasteiger partial charge in [0, 0.05) is 16.7 Å². The van der Waals surface area contributed by atoms with Crippen LogP contribution in [-0.4, -0.2) is 15.0 Å². The minimum atomic E-state index is -0.561. The van der Waals surface area contributed by atoms with Crippen molar-refractivity contribution in [3.8, 4) is 78.7 Å². The summed E-state index contributed by atoms with van der Waals surface area (Å²) in [6, 6.07) is 85.7. The van der Waals surface area contributed by atoms with E-state index in [9.17, 15) is 0 Å². The third-order valence-electron chi connectivity index (χ3n) is 14.3. The number of hydrogen-bond donors (Lipinski definition) is 0. The summed E-state index contributed by atoms with van der Waals surface area (Å²) in [6.45, 7) is 0. The van der Waals surface area contributed by atoms with E-state index in [2.05, 4.69) is 237 Å². The van der Waals surface area contributed by atoms with Crippen LogP contribution in [0, 0.1) is 0 Å². The first-order chi connectivity index (χ1) is 33.2. The molecule has 0 bridgehead atoms. The van der Waals surface area contributed by atoms with Crippen LogP contribution in [0.15, 0.2) is 237 Å². The van der Waals surface area contributed by atoms with Crippen molar-refractivity contribution >= 4 is 32.3 Å². The molecule has 2 aliphatic rings. The van der Waals surface area contributed by atoms with Crippen LogP contribution in [0.3, 0.4) is 0 Å². The Labute approximate surface area is 388 Å². The highest BCUT2D eigenvalue weighted by Crippen LogP contribution is 2.64. The van der Waals surface area contributed by atoms with Gasteiger partial charge < -0.3 is 0 Å². The molecule has 67 heavy (non-hydrogen) atoms. The molecule has 0 saturated carbocycles. The van der Waals surface area contributed by atoms with Gasteiger partial charge in [0.2, 0.25) is 0 Å². The predicted molar refractivity (Wildman–Crippen MR) is 276 cm³/mol. The Morgan fingerprint density at radius 1 is 0.254 bits per heavy atom. The number of benzene rings is 11. The average Bonchev–Trinajstić information content (AvgIpc) is 3.88. The first-order valence-electron chi connectivity index (χ1n) is 23.0. The van der Waals surface area contributed by atoms with Gasteiger partial charge in [0.1, 0.15) is 0 Å². The molecule has 3 heteroatoms. The molecule has 0 fully saturated rings. The Morgan fingerprint density at radius 3 is 1.37 bits per heavy atom. The molecule has 310 valence electrons. The van der Waals surface area contributed by atoms with Crippen molar-refractivity contribution < 1.29 is 0 Å². The Hall–Kier alpha value is -8.79. The van der Waals surface area contributed by atoms with E-state index in [1.165, 1.54) is 88.0 Å². The summed E-state index contributed by atoms with van der Waals surface area (Å²) >= 11 is 0. The first-order valence-corrected chi connectivity index (χ1v) is 23.0. The molecule has 1 heterocycles. The number of hydrogen-bond acceptors (Lipinski definition) is 3. The molecule has 0 aliphatic heterocycles. The van der Waals surface area contributed by atoms with E-state index in [-0.39, 0.29) is 0 Å². The van der Waals surface area contributed by atoms with Crippen molar-refractivity contribution in [2.75, 3.05) is 0 Å². The lowest BCUT2D eigenvalue weighted by Crippen LogP contribution is -2.26. The molecule has 0 N–H and O–H groups in total. The van der Waals surface area contributed by atoms with Gasteiger partial charge in [0.25, 0.3) is 0 Å². The van der Waals surface area contributed by atoms with Gasteiger partial charge in [-0.2, -0.15) is 0 Å². The van der Waals surface area contributed by atoms with Gasteiger partial charge >= 0.3 is 0 Å². The predicted octanol–water partition coefficient (Wildman–Crippen LogP) is 16.0. The molecule has 0 saturated heterocycles. The second kappa shape index (κ2) is 14.6. The van der Waals surface area contributed by atoms with Gasteiger partial charge in [-0.25, -0.2) is 15.0 Å². The maximum absolute atomic E-state index is 5.49. The molecule has 0 amide bonds. The number of fused-ring (bicyclic) bond motifs is 14. The highest BCUT2D eigenvalue weighted by molar-refractivity contribution is 6.20. The standard InChI is InChI=1S/C64H39N3/c1-2-15-40(16-3-1)41-29-33-44(34-30-41)61-65-62(45-35-31-43(32-36-45)59-48-20-7-5-18-46(48)39-55-47-19-6-4-17-42(47)37-38-52(55)59)67-63(66-61)54-25-14-24-53-51-23-10-13-28-58(51)64(60(53)54)56-26-11-8-21-49(56)50-22-9-12-27-57(50)64/h1-39H. The Balaban J connectivity index is 0.983. The van der Waals surface area contributed by atoms with E-state index in [4.69, 9.17) is 15.0 Å². The summed E-state index contributed by atoms with van der Waals surface area (Å²) in [6.07, 6.45) is 0. The minimum absolute atomic E-state index is 0.561. The molecular formula is C64H39N3. The van der Waals surface area contributed by atoms with Crippen molar-refractivity contribution in [1.29, 1.82) is 0 Å². The molecule has 2 aliphatic carbocycles. The van der Waals surface area contributed by atoms with Crippen molar-refractivity contribution in [3.05, 3.63) is 259 Å². The SMILES string of the molecule is c1ccc(-c2ccc(-c3nc(-c4ccc(-c5c6ccccc6cc6c5ccc5ccccc56)cc4)nc(-c4cccc5c4C4(c6ccccc6-c6ccccc64)c4ccccc4-5)n3)cc2)cc1. The zero-order valence-corrected chi connectivity index (χ0v) is 36.4. The fraction of sp³-hybridized carbons (Fsp3) is 0.0156. The van der Waals surface area contributed by atoms with Crippen LogP contribution < -0.4 is 0 Å². The summed E-state index contributed by atoms with van der Waals surface area (Å²) in [5.74, 6) is 1.90. The zero-order chi connectivity index (χ0) is 44.1. The van der Waals surface area contributed by atoms with Gasteiger partial charge in [-0.1, -0.05) is 231 Å². The van der Waals surface area contributed by atoms with Gasteiger partial charge in [0.15, 0.2) is 17.5 Å². The monoisotopic (exact) mass is 849 g/mol. The van der Waals surface area contributed by atoms with Crippen LogP contribution in [0.5, 0.6) is 0 Å². The Morgan fingerprint density at radius 2 is 0.716 bits per heavy atom. The Bertz CT molecular complexity index is 3900. The summed E-state index contributed by atoms with van der Waals surface area (Å²) in [5, 5.41) is 7.43. The van der Waals surface area contributed by atoms with Crippen molar-refractivity contribution in [2.24, 2.45) is 0 Å². The molecule has 0 radical (unpaired) electrons. The van der Waals surface area contributed by atoms with Crippen LogP contribution in [0.2, 0.25) is 0 Å². The lowest BCUT2D eigenvalue weighted by molar-refractivity contribution is 0.794. The molecule has 11 aromatic carbocycles. The first kappa shape index (κ1) is 37.6. The van der Waals surface area contributed by atoms with Crippen LogP contribution in [0.25, 0.3) is 111 Å². The Kier molecular flexibility index (Phi) is 8.20. The summed E-state index contributed by atoms with van der Waals surface area (Å²) in [4.78, 5) is 16.2. The molecule has 1 aromatic heterocycles. The van der Waals surface area contributed by atoms with Crippen molar-refractivity contribution in [3.63, 3.8) is 0 Å². The van der Waals surface area contributed by atoms with E-state index in [1.54, 1.807) is 0 Å². The van der Waals surface area contributed by atoms with E-state index < -0.39 is 5.41 Å². The minimum Gasteiger partial charge on any atom is -0.208 e. The van der Waals surface area contributed by atoms with Gasteiger partial charge in [0.05, 0.1) is 5.41 Å². The third-order valence-corrected chi connectivity index (χ3v) is 14.3. The maximum atomic E-state index is 5.49. The lowest BCUT2D eigenvalue weighted by atomic mass is 9.69. The zero-order valence-electron chi connectivity index (χ0n) is 36.4. The van der Waals surface area contributed by atoms with Gasteiger partial charge in [-0.15, -0.1) is 0 Å². The fourth-order valence-electron chi connectivity index (χ4n) is 11.5. The maximum Gasteiger partial charge on any atom is 0.164 e. The normalized spacial score (nSPS) is 12.9. The van der Waals surface area contributed by atoms with Crippen LogP contribution in [0.4, 0.5) is 0 Å².